The highest BCUT2D eigenvalue weighted by Crippen LogP contribution is 2.41. The second-order valence-electron chi connectivity index (χ2n) is 9.69. The molecular formula is C27H32N2O3. The SMILES string of the molecule is O=C(O)Cc1ccccc1.O=C1c2cccc3c2[C@H](CCC3)CN1[C@@H]1CN2CCC1CC2. The molecule has 1 N–H and O–H groups in total. The first-order chi connectivity index (χ1) is 15.6. The average Bonchev–Trinajstić information content (AvgIpc) is 2.83. The van der Waals surface area contributed by atoms with E-state index in [0.717, 1.165) is 36.6 Å². The van der Waals surface area contributed by atoms with E-state index >= 15 is 0 Å². The summed E-state index contributed by atoms with van der Waals surface area (Å²) in [6, 6.07) is 16.0. The third-order valence-corrected chi connectivity index (χ3v) is 7.73. The molecule has 2 atom stereocenters. The van der Waals surface area contributed by atoms with Crippen molar-refractivity contribution in [2.75, 3.05) is 26.2 Å². The maximum Gasteiger partial charge on any atom is 0.307 e. The van der Waals surface area contributed by atoms with E-state index in [9.17, 15) is 9.59 Å². The molecule has 7 rings (SSSR count). The number of fused-ring (bicyclic) bond motifs is 3. The molecule has 2 aromatic carbocycles. The molecule has 0 aromatic heterocycles. The fourth-order valence-electron chi connectivity index (χ4n) is 6.18. The molecule has 0 saturated carbocycles. The van der Waals surface area contributed by atoms with Crippen LogP contribution in [0.15, 0.2) is 48.5 Å². The van der Waals surface area contributed by atoms with Gasteiger partial charge in [0.2, 0.25) is 0 Å². The Morgan fingerprint density at radius 2 is 1.75 bits per heavy atom. The molecular weight excluding hydrogens is 400 g/mol. The fraction of sp³-hybridized carbons (Fsp3) is 0.481. The van der Waals surface area contributed by atoms with Crippen LogP contribution in [0.25, 0.3) is 0 Å². The summed E-state index contributed by atoms with van der Waals surface area (Å²) >= 11 is 0. The summed E-state index contributed by atoms with van der Waals surface area (Å²) in [6.07, 6.45) is 6.38. The summed E-state index contributed by atoms with van der Waals surface area (Å²) in [7, 11) is 0. The Hall–Kier alpha value is -2.66. The minimum atomic E-state index is -0.786. The monoisotopic (exact) mass is 432 g/mol. The van der Waals surface area contributed by atoms with Crippen LogP contribution in [-0.2, 0) is 17.6 Å². The van der Waals surface area contributed by atoms with Gasteiger partial charge in [0.1, 0.15) is 0 Å². The number of benzene rings is 2. The van der Waals surface area contributed by atoms with Crippen LogP contribution in [0.2, 0.25) is 0 Å². The molecule has 4 aliphatic heterocycles. The molecule has 0 unspecified atom stereocenters. The van der Waals surface area contributed by atoms with Crippen LogP contribution in [-0.4, -0.2) is 59.0 Å². The van der Waals surface area contributed by atoms with Crippen molar-refractivity contribution < 1.29 is 14.7 Å². The van der Waals surface area contributed by atoms with Crippen molar-refractivity contribution in [1.29, 1.82) is 0 Å². The Morgan fingerprint density at radius 3 is 2.44 bits per heavy atom. The van der Waals surface area contributed by atoms with E-state index in [1.54, 1.807) is 12.1 Å². The van der Waals surface area contributed by atoms with Crippen molar-refractivity contribution in [2.45, 2.75) is 50.5 Å². The fourth-order valence-corrected chi connectivity index (χ4v) is 6.18. The van der Waals surface area contributed by atoms with Gasteiger partial charge in [-0.1, -0.05) is 42.5 Å². The van der Waals surface area contributed by atoms with Gasteiger partial charge in [-0.2, -0.15) is 0 Å². The van der Waals surface area contributed by atoms with Crippen molar-refractivity contribution in [2.24, 2.45) is 5.92 Å². The number of carboxylic acids is 1. The van der Waals surface area contributed by atoms with Gasteiger partial charge in [0.25, 0.3) is 5.91 Å². The molecule has 2 aromatic rings. The summed E-state index contributed by atoms with van der Waals surface area (Å²) in [5.74, 6) is 0.857. The van der Waals surface area contributed by atoms with Gasteiger partial charge >= 0.3 is 5.97 Å². The minimum Gasteiger partial charge on any atom is -0.481 e. The first-order valence-corrected chi connectivity index (χ1v) is 12.0. The van der Waals surface area contributed by atoms with Crippen LogP contribution in [0.3, 0.4) is 0 Å². The number of carboxylic acid groups (broad SMARTS) is 1. The van der Waals surface area contributed by atoms with Crippen molar-refractivity contribution in [3.8, 4) is 0 Å². The van der Waals surface area contributed by atoms with Crippen molar-refractivity contribution in [3.63, 3.8) is 0 Å². The standard InChI is InChI=1S/C19H24N2O.C8H8O2/c22-19-16-6-2-4-14-3-1-5-15(18(14)16)11-21(19)17-12-20-9-7-13(17)8-10-20;9-8(10)6-7-4-2-1-3-5-7/h2,4,6,13,15,17H,1,3,5,7-12H2;1-5H,6H2,(H,9,10)/t15-,17-;/m1./s1. The molecule has 3 fully saturated rings. The number of aryl methyl sites for hydroxylation is 1. The predicted molar refractivity (Wildman–Crippen MR) is 124 cm³/mol. The number of aliphatic carboxylic acids is 1. The van der Waals surface area contributed by atoms with Gasteiger partial charge in [0.05, 0.1) is 6.42 Å². The van der Waals surface area contributed by atoms with E-state index in [4.69, 9.17) is 5.11 Å². The summed E-state index contributed by atoms with van der Waals surface area (Å²) in [4.78, 5) is 28.1. The third kappa shape index (κ3) is 4.18. The van der Waals surface area contributed by atoms with Crippen molar-refractivity contribution in [3.05, 3.63) is 70.8 Å². The molecule has 4 heterocycles. The van der Waals surface area contributed by atoms with E-state index in [2.05, 4.69) is 28.0 Å². The lowest BCUT2D eigenvalue weighted by Gasteiger charge is -2.51. The highest BCUT2D eigenvalue weighted by Gasteiger charge is 2.43. The lowest BCUT2D eigenvalue weighted by molar-refractivity contribution is -0.136. The number of nitrogens with zero attached hydrogens (tertiary/aromatic N) is 2. The number of rotatable bonds is 3. The zero-order valence-electron chi connectivity index (χ0n) is 18.6. The molecule has 2 bridgehead atoms. The number of hydrogen-bond donors (Lipinski definition) is 1. The van der Waals surface area contributed by atoms with Crippen LogP contribution < -0.4 is 0 Å². The Kier molecular flexibility index (Phi) is 6.01. The smallest absolute Gasteiger partial charge is 0.307 e. The van der Waals surface area contributed by atoms with Crippen LogP contribution in [0.4, 0.5) is 0 Å². The Labute approximate surface area is 190 Å². The zero-order chi connectivity index (χ0) is 22.1. The molecule has 1 amide bonds. The molecule has 5 aliphatic rings. The maximum absolute atomic E-state index is 13.1. The first kappa shape index (κ1) is 21.2. The second-order valence-corrected chi connectivity index (χ2v) is 9.69. The van der Waals surface area contributed by atoms with Crippen LogP contribution in [0, 0.1) is 5.92 Å². The largest absolute Gasteiger partial charge is 0.481 e. The van der Waals surface area contributed by atoms with Gasteiger partial charge in [0.15, 0.2) is 0 Å². The summed E-state index contributed by atoms with van der Waals surface area (Å²) < 4.78 is 0. The number of piperidine rings is 3. The third-order valence-electron chi connectivity index (χ3n) is 7.73. The number of carbonyl (C=O) groups is 2. The Bertz CT molecular complexity index is 982. The zero-order valence-corrected chi connectivity index (χ0v) is 18.6. The minimum absolute atomic E-state index is 0.112. The van der Waals surface area contributed by atoms with Crippen LogP contribution >= 0.6 is 0 Å². The van der Waals surface area contributed by atoms with Crippen LogP contribution in [0.1, 0.15) is 58.6 Å². The Balaban J connectivity index is 0.000000183. The summed E-state index contributed by atoms with van der Waals surface area (Å²) in [5, 5.41) is 8.37. The summed E-state index contributed by atoms with van der Waals surface area (Å²) in [6.45, 7) is 4.57. The number of amides is 1. The van der Waals surface area contributed by atoms with E-state index in [0.29, 0.717) is 17.9 Å². The summed E-state index contributed by atoms with van der Waals surface area (Å²) in [5.41, 5.74) is 4.70. The quantitative estimate of drug-likeness (QED) is 0.797. The maximum atomic E-state index is 13.1. The second kappa shape index (κ2) is 9.07. The van der Waals surface area contributed by atoms with E-state index in [1.807, 2.05) is 18.2 Å². The van der Waals surface area contributed by atoms with Gasteiger partial charge in [-0.25, -0.2) is 0 Å². The van der Waals surface area contributed by atoms with Crippen LogP contribution in [0.5, 0.6) is 0 Å². The molecule has 32 heavy (non-hydrogen) atoms. The highest BCUT2D eigenvalue weighted by atomic mass is 16.4. The molecule has 3 saturated heterocycles. The van der Waals surface area contributed by atoms with E-state index in [-0.39, 0.29) is 6.42 Å². The van der Waals surface area contributed by atoms with Gasteiger partial charge in [0, 0.05) is 30.6 Å². The molecule has 168 valence electrons. The van der Waals surface area contributed by atoms with Crippen molar-refractivity contribution >= 4 is 11.9 Å². The molecule has 5 heteroatoms. The Morgan fingerprint density at radius 1 is 0.969 bits per heavy atom. The lowest BCUT2D eigenvalue weighted by atomic mass is 9.75. The lowest BCUT2D eigenvalue weighted by Crippen LogP contribution is -2.60. The average molecular weight is 433 g/mol. The molecule has 0 radical (unpaired) electrons. The normalized spacial score (nSPS) is 27.9. The van der Waals surface area contributed by atoms with E-state index < -0.39 is 5.97 Å². The van der Waals surface area contributed by atoms with Gasteiger partial charge in [-0.15, -0.1) is 0 Å². The van der Waals surface area contributed by atoms with Crippen molar-refractivity contribution in [1.82, 2.24) is 9.80 Å². The molecule has 0 spiro atoms. The topological polar surface area (TPSA) is 60.9 Å². The van der Waals surface area contributed by atoms with Gasteiger partial charge < -0.3 is 14.9 Å². The molecule has 5 nitrogen and oxygen atoms in total. The molecule has 1 aliphatic carbocycles. The van der Waals surface area contributed by atoms with Gasteiger partial charge in [-0.3, -0.25) is 9.59 Å². The predicted octanol–water partition coefficient (Wildman–Crippen LogP) is 3.97. The van der Waals surface area contributed by atoms with Gasteiger partial charge in [-0.05, 0) is 73.9 Å². The first-order valence-electron chi connectivity index (χ1n) is 12.0. The number of carbonyl (C=O) groups excluding carboxylic acids is 1. The number of hydrogen-bond acceptors (Lipinski definition) is 3. The highest BCUT2D eigenvalue weighted by molar-refractivity contribution is 5.98. The van der Waals surface area contributed by atoms with E-state index in [1.165, 1.54) is 49.9 Å².